The normalized spacial score (nSPS) is 9.76. The number of hydrogen-bond donors (Lipinski definition) is 0. The minimum Gasteiger partial charge on any atom is -0.465 e. The maximum absolute atomic E-state index is 11.3. The molecule has 1 aromatic heterocycles. The van der Waals surface area contributed by atoms with Crippen molar-refractivity contribution in [3.05, 3.63) is 59.4 Å². The summed E-state index contributed by atoms with van der Waals surface area (Å²) in [6.07, 6.45) is 1.49. The van der Waals surface area contributed by atoms with Crippen molar-refractivity contribution in [1.29, 1.82) is 5.26 Å². The van der Waals surface area contributed by atoms with E-state index in [4.69, 9.17) is 5.26 Å². The van der Waals surface area contributed by atoms with Crippen molar-refractivity contribution >= 4 is 11.7 Å². The fraction of sp³-hybridized carbons (Fsp3) is 0.188. The van der Waals surface area contributed by atoms with E-state index in [1.54, 1.807) is 18.2 Å². The minimum absolute atomic E-state index is 0.405. The standard InChI is InChI=1S/C16H15N3O2/c1-19(15-6-4-3-5-12(15)9-17)11-14-8-7-13(10-18-14)16(20)21-2/h3-8,10H,11H2,1-2H3. The lowest BCUT2D eigenvalue weighted by atomic mass is 10.1. The molecule has 0 saturated carbocycles. The Hall–Kier alpha value is -2.87. The second-order valence-electron chi connectivity index (χ2n) is 4.51. The summed E-state index contributed by atoms with van der Waals surface area (Å²) in [5.41, 5.74) is 2.68. The van der Waals surface area contributed by atoms with Gasteiger partial charge < -0.3 is 9.64 Å². The first-order valence-corrected chi connectivity index (χ1v) is 6.39. The monoisotopic (exact) mass is 281 g/mol. The summed E-state index contributed by atoms with van der Waals surface area (Å²) in [6, 6.07) is 13.0. The number of aromatic nitrogens is 1. The largest absolute Gasteiger partial charge is 0.465 e. The Morgan fingerprint density at radius 2 is 2.10 bits per heavy atom. The highest BCUT2D eigenvalue weighted by Gasteiger charge is 2.09. The van der Waals surface area contributed by atoms with E-state index in [9.17, 15) is 4.79 Å². The van der Waals surface area contributed by atoms with E-state index in [2.05, 4.69) is 15.8 Å². The van der Waals surface area contributed by atoms with E-state index >= 15 is 0 Å². The Kier molecular flexibility index (Phi) is 4.52. The quantitative estimate of drug-likeness (QED) is 0.805. The molecule has 2 rings (SSSR count). The molecule has 0 amide bonds. The van der Waals surface area contributed by atoms with Crippen LogP contribution >= 0.6 is 0 Å². The minimum atomic E-state index is -0.405. The number of esters is 1. The SMILES string of the molecule is COC(=O)c1ccc(CN(C)c2ccccc2C#N)nc1. The van der Waals surface area contributed by atoms with E-state index in [1.165, 1.54) is 13.3 Å². The number of para-hydroxylation sites is 1. The molecule has 0 N–H and O–H groups in total. The van der Waals surface area contributed by atoms with Crippen molar-refractivity contribution in [3.63, 3.8) is 0 Å². The van der Waals surface area contributed by atoms with Crippen LogP contribution in [0.25, 0.3) is 0 Å². The van der Waals surface area contributed by atoms with Crippen molar-refractivity contribution in [2.24, 2.45) is 0 Å². The third-order valence-corrected chi connectivity index (χ3v) is 3.08. The molecule has 106 valence electrons. The van der Waals surface area contributed by atoms with Gasteiger partial charge in [0.2, 0.25) is 0 Å². The number of pyridine rings is 1. The molecule has 5 heteroatoms. The van der Waals surface area contributed by atoms with E-state index < -0.39 is 5.97 Å². The van der Waals surface area contributed by atoms with Crippen molar-refractivity contribution in [2.75, 3.05) is 19.1 Å². The Morgan fingerprint density at radius 1 is 1.33 bits per heavy atom. The highest BCUT2D eigenvalue weighted by molar-refractivity contribution is 5.88. The molecule has 0 atom stereocenters. The van der Waals surface area contributed by atoms with Gasteiger partial charge in [-0.3, -0.25) is 4.98 Å². The molecule has 0 spiro atoms. The predicted molar refractivity (Wildman–Crippen MR) is 78.8 cm³/mol. The number of rotatable bonds is 4. The molecule has 0 fully saturated rings. The maximum atomic E-state index is 11.3. The topological polar surface area (TPSA) is 66.2 Å². The average molecular weight is 281 g/mol. The lowest BCUT2D eigenvalue weighted by molar-refractivity contribution is 0.0600. The number of anilines is 1. The zero-order chi connectivity index (χ0) is 15.2. The summed E-state index contributed by atoms with van der Waals surface area (Å²) in [7, 11) is 3.23. The summed E-state index contributed by atoms with van der Waals surface area (Å²) in [6.45, 7) is 0.542. The zero-order valence-corrected chi connectivity index (χ0v) is 11.9. The van der Waals surface area contributed by atoms with E-state index in [0.29, 0.717) is 17.7 Å². The van der Waals surface area contributed by atoms with Crippen LogP contribution in [0.1, 0.15) is 21.6 Å². The van der Waals surface area contributed by atoms with Crippen LogP contribution < -0.4 is 4.90 Å². The second-order valence-corrected chi connectivity index (χ2v) is 4.51. The lowest BCUT2D eigenvalue weighted by Crippen LogP contribution is -2.18. The Morgan fingerprint density at radius 3 is 2.71 bits per heavy atom. The maximum Gasteiger partial charge on any atom is 0.339 e. The van der Waals surface area contributed by atoms with Crippen LogP contribution in [0.4, 0.5) is 5.69 Å². The Bertz CT molecular complexity index is 675. The van der Waals surface area contributed by atoms with Crippen LogP contribution in [0, 0.1) is 11.3 Å². The molecule has 0 saturated heterocycles. The number of benzene rings is 1. The summed E-state index contributed by atoms with van der Waals surface area (Å²) in [5, 5.41) is 9.11. The van der Waals surface area contributed by atoms with Gasteiger partial charge in [0.25, 0.3) is 0 Å². The van der Waals surface area contributed by atoms with Crippen LogP contribution in [0.5, 0.6) is 0 Å². The third-order valence-electron chi connectivity index (χ3n) is 3.08. The predicted octanol–water partition coefficient (Wildman–Crippen LogP) is 2.38. The lowest BCUT2D eigenvalue weighted by Gasteiger charge is -2.20. The molecule has 1 heterocycles. The smallest absolute Gasteiger partial charge is 0.339 e. The molecular formula is C16H15N3O2. The average Bonchev–Trinajstić information content (AvgIpc) is 2.54. The fourth-order valence-electron chi connectivity index (χ4n) is 1.99. The van der Waals surface area contributed by atoms with Crippen molar-refractivity contribution in [1.82, 2.24) is 4.98 Å². The van der Waals surface area contributed by atoms with Gasteiger partial charge in [-0.15, -0.1) is 0 Å². The number of methoxy groups -OCH3 is 1. The molecule has 0 aliphatic rings. The van der Waals surface area contributed by atoms with Crippen LogP contribution in [0.15, 0.2) is 42.6 Å². The van der Waals surface area contributed by atoms with Crippen LogP contribution in [0.3, 0.4) is 0 Å². The number of nitriles is 1. The van der Waals surface area contributed by atoms with Crippen molar-refractivity contribution in [2.45, 2.75) is 6.54 Å². The molecule has 0 aliphatic carbocycles. The number of nitrogens with zero attached hydrogens (tertiary/aromatic N) is 3. The second kappa shape index (κ2) is 6.53. The van der Waals surface area contributed by atoms with Gasteiger partial charge in [-0.25, -0.2) is 4.79 Å². The van der Waals surface area contributed by atoms with Gasteiger partial charge in [-0.05, 0) is 24.3 Å². The molecular weight excluding hydrogens is 266 g/mol. The highest BCUT2D eigenvalue weighted by atomic mass is 16.5. The van der Waals surface area contributed by atoms with E-state index in [0.717, 1.165) is 11.4 Å². The van der Waals surface area contributed by atoms with Gasteiger partial charge in [-0.2, -0.15) is 5.26 Å². The van der Waals surface area contributed by atoms with Crippen molar-refractivity contribution < 1.29 is 9.53 Å². The molecule has 5 nitrogen and oxygen atoms in total. The number of carbonyl (C=O) groups is 1. The number of carbonyl (C=O) groups excluding carboxylic acids is 1. The first-order chi connectivity index (χ1) is 10.2. The van der Waals surface area contributed by atoms with Crippen LogP contribution in [-0.2, 0) is 11.3 Å². The summed E-state index contributed by atoms with van der Waals surface area (Å²) < 4.78 is 4.63. The molecule has 0 bridgehead atoms. The van der Waals surface area contributed by atoms with Gasteiger partial charge >= 0.3 is 5.97 Å². The van der Waals surface area contributed by atoms with Crippen LogP contribution in [-0.4, -0.2) is 25.1 Å². The zero-order valence-electron chi connectivity index (χ0n) is 11.9. The first kappa shape index (κ1) is 14.5. The third kappa shape index (κ3) is 3.37. The van der Waals surface area contributed by atoms with E-state index in [1.807, 2.05) is 30.1 Å². The van der Waals surface area contributed by atoms with Gasteiger partial charge in [-0.1, -0.05) is 12.1 Å². The summed E-state index contributed by atoms with van der Waals surface area (Å²) >= 11 is 0. The molecule has 0 radical (unpaired) electrons. The number of hydrogen-bond acceptors (Lipinski definition) is 5. The Balaban J connectivity index is 2.14. The molecule has 0 aliphatic heterocycles. The Labute approximate surface area is 123 Å². The number of ether oxygens (including phenoxy) is 1. The van der Waals surface area contributed by atoms with Gasteiger partial charge in [0, 0.05) is 13.2 Å². The van der Waals surface area contributed by atoms with Crippen LogP contribution in [0.2, 0.25) is 0 Å². The first-order valence-electron chi connectivity index (χ1n) is 6.39. The van der Waals surface area contributed by atoms with Gasteiger partial charge in [0.1, 0.15) is 6.07 Å². The van der Waals surface area contributed by atoms with Gasteiger partial charge in [0.05, 0.1) is 36.2 Å². The molecule has 1 aromatic carbocycles. The van der Waals surface area contributed by atoms with Gasteiger partial charge in [0.15, 0.2) is 0 Å². The summed E-state index contributed by atoms with van der Waals surface area (Å²) in [4.78, 5) is 17.5. The fourth-order valence-corrected chi connectivity index (χ4v) is 1.99. The summed E-state index contributed by atoms with van der Waals surface area (Å²) in [5.74, 6) is -0.405. The molecule has 21 heavy (non-hydrogen) atoms. The van der Waals surface area contributed by atoms with E-state index in [-0.39, 0.29) is 0 Å². The molecule has 2 aromatic rings. The molecule has 0 unspecified atom stereocenters. The highest BCUT2D eigenvalue weighted by Crippen LogP contribution is 2.19. The van der Waals surface area contributed by atoms with Crippen molar-refractivity contribution in [3.8, 4) is 6.07 Å².